The third kappa shape index (κ3) is 3.81. The van der Waals surface area contributed by atoms with E-state index in [0.717, 1.165) is 19.5 Å². The largest absolute Gasteiger partial charge is 0.371 e. The van der Waals surface area contributed by atoms with Gasteiger partial charge in [-0.3, -0.25) is 0 Å². The highest BCUT2D eigenvalue weighted by molar-refractivity contribution is 5.07. The van der Waals surface area contributed by atoms with E-state index < -0.39 is 0 Å². The highest BCUT2D eigenvalue weighted by atomic mass is 16.5. The average Bonchev–Trinajstić information content (AvgIpc) is 2.58. The van der Waals surface area contributed by atoms with Crippen molar-refractivity contribution in [3.05, 3.63) is 11.6 Å². The van der Waals surface area contributed by atoms with Crippen LogP contribution in [-0.4, -0.2) is 25.3 Å². The molecule has 1 saturated heterocycles. The maximum absolute atomic E-state index is 5.77. The first-order valence-electron chi connectivity index (χ1n) is 5.82. The fourth-order valence-corrected chi connectivity index (χ4v) is 1.81. The van der Waals surface area contributed by atoms with Crippen LogP contribution in [0.2, 0.25) is 0 Å². The lowest BCUT2D eigenvalue weighted by Crippen LogP contribution is -2.17. The predicted molar refractivity (Wildman–Crippen MR) is 60.5 cm³/mol. The van der Waals surface area contributed by atoms with Crippen LogP contribution in [-0.2, 0) is 4.74 Å². The van der Waals surface area contributed by atoms with Crippen LogP contribution >= 0.6 is 0 Å². The van der Waals surface area contributed by atoms with Crippen LogP contribution in [0.15, 0.2) is 11.6 Å². The van der Waals surface area contributed by atoms with Gasteiger partial charge >= 0.3 is 0 Å². The van der Waals surface area contributed by atoms with Gasteiger partial charge in [-0.1, -0.05) is 25.5 Å². The van der Waals surface area contributed by atoms with Gasteiger partial charge in [-0.15, -0.1) is 0 Å². The molecule has 1 heterocycles. The van der Waals surface area contributed by atoms with Crippen molar-refractivity contribution >= 4 is 0 Å². The van der Waals surface area contributed by atoms with E-state index in [9.17, 15) is 0 Å². The second-order valence-corrected chi connectivity index (χ2v) is 4.02. The zero-order chi connectivity index (χ0) is 10.4. The predicted octanol–water partition coefficient (Wildman–Crippen LogP) is 2.50. The highest BCUT2D eigenvalue weighted by Gasteiger charge is 2.19. The van der Waals surface area contributed by atoms with E-state index in [0.29, 0.717) is 12.2 Å². The number of hydrogen-bond acceptors (Lipinski definition) is 2. The lowest BCUT2D eigenvalue weighted by molar-refractivity contribution is 0.0827. The molecule has 0 aliphatic carbocycles. The molecule has 0 amide bonds. The number of likely N-dealkylation sites (N-methyl/N-ethyl adjacent to an activating group) is 1. The van der Waals surface area contributed by atoms with Crippen LogP contribution < -0.4 is 5.32 Å². The second-order valence-electron chi connectivity index (χ2n) is 4.02. The fourth-order valence-electron chi connectivity index (χ4n) is 1.81. The maximum atomic E-state index is 5.77. The summed E-state index contributed by atoms with van der Waals surface area (Å²) in [6, 6.07) is 0. The average molecular weight is 197 g/mol. The number of nitrogens with one attached hydrogen (secondary N) is 1. The molecule has 1 fully saturated rings. The summed E-state index contributed by atoms with van der Waals surface area (Å²) < 4.78 is 5.77. The fraction of sp³-hybridized carbons (Fsp3) is 0.833. The van der Waals surface area contributed by atoms with Gasteiger partial charge in [-0.25, -0.2) is 0 Å². The lowest BCUT2D eigenvalue weighted by Gasteiger charge is -2.10. The van der Waals surface area contributed by atoms with E-state index in [1.54, 1.807) is 0 Å². The molecule has 0 aromatic heterocycles. The topological polar surface area (TPSA) is 21.3 Å². The standard InChI is InChI=1S/C12H23NO/c1-4-11(9-13-5-2)8-12-7-6-10(3)14-12/h8,10,12-13H,4-7,9H2,1-3H3. The minimum Gasteiger partial charge on any atom is -0.371 e. The molecule has 1 N–H and O–H groups in total. The van der Waals surface area contributed by atoms with Crippen LogP contribution in [0.3, 0.4) is 0 Å². The SMILES string of the molecule is CCNCC(=CC1CCC(C)O1)CC. The van der Waals surface area contributed by atoms with Gasteiger partial charge in [0.1, 0.15) is 0 Å². The quantitative estimate of drug-likeness (QED) is 0.684. The molecule has 0 saturated carbocycles. The first kappa shape index (κ1) is 11.7. The van der Waals surface area contributed by atoms with Gasteiger partial charge in [-0.2, -0.15) is 0 Å². The summed E-state index contributed by atoms with van der Waals surface area (Å²) in [5.74, 6) is 0. The lowest BCUT2D eigenvalue weighted by atomic mass is 10.1. The third-order valence-electron chi connectivity index (χ3n) is 2.74. The number of ether oxygens (including phenoxy) is 1. The van der Waals surface area contributed by atoms with Gasteiger partial charge in [0.15, 0.2) is 0 Å². The van der Waals surface area contributed by atoms with Crippen LogP contribution in [0.1, 0.15) is 40.0 Å². The zero-order valence-corrected chi connectivity index (χ0v) is 9.68. The molecule has 14 heavy (non-hydrogen) atoms. The van der Waals surface area contributed by atoms with Crippen molar-refractivity contribution in [3.63, 3.8) is 0 Å². The molecule has 0 spiro atoms. The molecule has 2 heteroatoms. The van der Waals surface area contributed by atoms with Crippen molar-refractivity contribution in [2.75, 3.05) is 13.1 Å². The van der Waals surface area contributed by atoms with Gasteiger partial charge < -0.3 is 10.1 Å². The van der Waals surface area contributed by atoms with Crippen molar-refractivity contribution in [2.45, 2.75) is 52.2 Å². The molecule has 0 bridgehead atoms. The van der Waals surface area contributed by atoms with Crippen molar-refractivity contribution in [3.8, 4) is 0 Å². The van der Waals surface area contributed by atoms with Crippen LogP contribution in [0.4, 0.5) is 0 Å². The van der Waals surface area contributed by atoms with Gasteiger partial charge in [0, 0.05) is 6.54 Å². The Hall–Kier alpha value is -0.340. The molecule has 0 radical (unpaired) electrons. The normalized spacial score (nSPS) is 28.4. The molecule has 1 rings (SSSR count). The summed E-state index contributed by atoms with van der Waals surface area (Å²) in [5.41, 5.74) is 1.48. The molecule has 1 aliphatic rings. The summed E-state index contributed by atoms with van der Waals surface area (Å²) >= 11 is 0. The minimum atomic E-state index is 0.374. The van der Waals surface area contributed by atoms with Crippen LogP contribution in [0.25, 0.3) is 0 Å². The Morgan fingerprint density at radius 3 is 2.71 bits per heavy atom. The molecular formula is C12H23NO. The van der Waals surface area contributed by atoms with E-state index in [-0.39, 0.29) is 0 Å². The molecule has 82 valence electrons. The molecular weight excluding hydrogens is 174 g/mol. The molecule has 1 aliphatic heterocycles. The summed E-state index contributed by atoms with van der Waals surface area (Å²) in [7, 11) is 0. The Bertz CT molecular complexity index is 189. The van der Waals surface area contributed by atoms with Crippen molar-refractivity contribution in [1.29, 1.82) is 0 Å². The van der Waals surface area contributed by atoms with Crippen molar-refractivity contribution < 1.29 is 4.74 Å². The highest BCUT2D eigenvalue weighted by Crippen LogP contribution is 2.21. The third-order valence-corrected chi connectivity index (χ3v) is 2.74. The summed E-state index contributed by atoms with van der Waals surface area (Å²) in [5, 5.41) is 3.36. The molecule has 2 unspecified atom stereocenters. The molecule has 2 atom stereocenters. The van der Waals surface area contributed by atoms with Crippen LogP contribution in [0.5, 0.6) is 0 Å². The Balaban J connectivity index is 2.38. The van der Waals surface area contributed by atoms with Crippen molar-refractivity contribution in [1.82, 2.24) is 5.32 Å². The zero-order valence-electron chi connectivity index (χ0n) is 9.68. The van der Waals surface area contributed by atoms with E-state index in [1.807, 2.05) is 0 Å². The second kappa shape index (κ2) is 6.20. The first-order valence-corrected chi connectivity index (χ1v) is 5.82. The van der Waals surface area contributed by atoms with Crippen molar-refractivity contribution in [2.24, 2.45) is 0 Å². The summed E-state index contributed by atoms with van der Waals surface area (Å²) in [6.45, 7) is 8.56. The summed E-state index contributed by atoms with van der Waals surface area (Å²) in [6.07, 6.45) is 6.66. The minimum absolute atomic E-state index is 0.374. The Labute approximate surface area is 87.7 Å². The number of hydrogen-bond donors (Lipinski definition) is 1. The van der Waals surface area contributed by atoms with Gasteiger partial charge in [0.2, 0.25) is 0 Å². The van der Waals surface area contributed by atoms with E-state index in [4.69, 9.17) is 4.74 Å². The van der Waals surface area contributed by atoms with E-state index in [1.165, 1.54) is 18.4 Å². The summed E-state index contributed by atoms with van der Waals surface area (Å²) in [4.78, 5) is 0. The Morgan fingerprint density at radius 2 is 2.21 bits per heavy atom. The Kier molecular flexibility index (Phi) is 5.20. The smallest absolute Gasteiger partial charge is 0.0763 e. The number of rotatable bonds is 5. The monoisotopic (exact) mass is 197 g/mol. The van der Waals surface area contributed by atoms with Gasteiger partial charge in [0.25, 0.3) is 0 Å². The Morgan fingerprint density at radius 1 is 1.43 bits per heavy atom. The van der Waals surface area contributed by atoms with E-state index in [2.05, 4.69) is 32.2 Å². The van der Waals surface area contributed by atoms with E-state index >= 15 is 0 Å². The van der Waals surface area contributed by atoms with Gasteiger partial charge in [0.05, 0.1) is 12.2 Å². The van der Waals surface area contributed by atoms with Crippen LogP contribution in [0, 0.1) is 0 Å². The van der Waals surface area contributed by atoms with Gasteiger partial charge in [-0.05, 0) is 32.7 Å². The maximum Gasteiger partial charge on any atom is 0.0763 e. The molecule has 2 nitrogen and oxygen atoms in total. The molecule has 0 aromatic rings. The molecule has 0 aromatic carbocycles. The first-order chi connectivity index (χ1) is 6.76.